The topological polar surface area (TPSA) is 47.6 Å². The van der Waals surface area contributed by atoms with E-state index in [0.717, 1.165) is 15.7 Å². The van der Waals surface area contributed by atoms with E-state index in [-0.39, 0.29) is 27.9 Å². The summed E-state index contributed by atoms with van der Waals surface area (Å²) in [5.41, 5.74) is 1.17. The van der Waals surface area contributed by atoms with Gasteiger partial charge in [-0.25, -0.2) is 0 Å². The molecule has 2 aromatic rings. The van der Waals surface area contributed by atoms with Crippen molar-refractivity contribution < 1.29 is 13.6 Å². The Kier molecular flexibility index (Phi) is 12.2. The Morgan fingerprint density at radius 1 is 0.900 bits per heavy atom. The first-order valence-electron chi connectivity index (χ1n) is 14.4. The number of alkyl halides is 1. The summed E-state index contributed by atoms with van der Waals surface area (Å²) in [7, 11) is -4.77. The molecule has 1 amide bonds. The highest BCUT2D eigenvalue weighted by Gasteiger charge is 2.51. The zero-order valence-electron chi connectivity index (χ0n) is 26.6. The minimum absolute atomic E-state index is 0.101. The van der Waals surface area contributed by atoms with Crippen LogP contribution < -0.4 is 15.7 Å². The first-order valence-corrected chi connectivity index (χ1v) is 20.4. The Bertz CT molecular complexity index is 1070. The van der Waals surface area contributed by atoms with Crippen LogP contribution in [0.5, 0.6) is 0 Å². The molecule has 2 aromatic carbocycles. The van der Waals surface area contributed by atoms with Crippen LogP contribution in [-0.4, -0.2) is 46.6 Å². The molecule has 0 saturated heterocycles. The highest BCUT2D eigenvalue weighted by atomic mass is 79.9. The second kappa shape index (κ2) is 14.1. The first-order chi connectivity index (χ1) is 18.5. The van der Waals surface area contributed by atoms with Gasteiger partial charge in [-0.15, -0.1) is 0 Å². The number of halogens is 1. The van der Waals surface area contributed by atoms with Gasteiger partial charge in [0.1, 0.15) is 6.10 Å². The van der Waals surface area contributed by atoms with E-state index in [9.17, 15) is 4.79 Å². The van der Waals surface area contributed by atoms with Gasteiger partial charge in [-0.2, -0.15) is 0 Å². The molecule has 4 nitrogen and oxygen atoms in total. The van der Waals surface area contributed by atoms with Gasteiger partial charge in [-0.3, -0.25) is 4.79 Å². The van der Waals surface area contributed by atoms with Gasteiger partial charge in [-0.1, -0.05) is 137 Å². The Hall–Kier alpha value is -1.52. The Morgan fingerprint density at radius 2 is 1.38 bits per heavy atom. The van der Waals surface area contributed by atoms with Gasteiger partial charge in [0, 0.05) is 17.9 Å². The van der Waals surface area contributed by atoms with Crippen molar-refractivity contribution in [2.75, 3.05) is 11.9 Å². The van der Waals surface area contributed by atoms with Crippen LogP contribution in [0.1, 0.15) is 62.3 Å². The fraction of sp³-hybridized carbons (Fsp3) is 0.545. The molecule has 2 rings (SSSR count). The molecule has 0 aromatic heterocycles. The Labute approximate surface area is 254 Å². The predicted molar refractivity (Wildman–Crippen MR) is 180 cm³/mol. The molecule has 0 spiro atoms. The second-order valence-electron chi connectivity index (χ2n) is 13.7. The molecule has 222 valence electrons. The smallest absolute Gasteiger partial charge is 0.262 e. The fourth-order valence-electron chi connectivity index (χ4n) is 4.65. The molecule has 0 fully saturated rings. The summed E-state index contributed by atoms with van der Waals surface area (Å²) >= 11 is 3.57. The number of carbonyl (C=O) groups excluding carboxylic acids is 1. The highest BCUT2D eigenvalue weighted by Crippen LogP contribution is 2.38. The molecule has 1 N–H and O–H groups in total. The van der Waals surface area contributed by atoms with Crippen molar-refractivity contribution >= 4 is 48.8 Å². The summed E-state index contributed by atoms with van der Waals surface area (Å²) in [6.07, 6.45) is 1.52. The molecule has 0 radical (unpaired) electrons. The third-order valence-corrected chi connectivity index (χ3v) is 18.7. The molecule has 0 bridgehead atoms. The van der Waals surface area contributed by atoms with E-state index in [2.05, 4.69) is 144 Å². The van der Waals surface area contributed by atoms with Gasteiger partial charge < -0.3 is 14.2 Å². The number of allylic oxidation sites excluding steroid dienone is 1. The molecule has 0 heterocycles. The third kappa shape index (κ3) is 8.51. The van der Waals surface area contributed by atoms with Crippen LogP contribution in [0.4, 0.5) is 0 Å². The first kappa shape index (κ1) is 34.7. The summed E-state index contributed by atoms with van der Waals surface area (Å²) in [4.78, 5) is 13.9. The monoisotopic (exact) mass is 645 g/mol. The zero-order chi connectivity index (χ0) is 30.4. The van der Waals surface area contributed by atoms with Gasteiger partial charge in [-0.05, 0) is 47.4 Å². The number of nitrogens with one attached hydrogen (secondary N) is 1. The summed E-state index contributed by atoms with van der Waals surface area (Å²) in [6, 6.07) is 20.8. The van der Waals surface area contributed by atoms with Crippen molar-refractivity contribution in [1.29, 1.82) is 0 Å². The summed E-state index contributed by atoms with van der Waals surface area (Å²) < 4.78 is 13.6. The average Bonchev–Trinajstić information content (AvgIpc) is 2.89. The van der Waals surface area contributed by atoms with Crippen LogP contribution in [0.25, 0.3) is 0 Å². The maximum atomic E-state index is 13.9. The normalized spacial score (nSPS) is 15.8. The molecular weight excluding hydrogens is 594 g/mol. The quantitative estimate of drug-likeness (QED) is 0.148. The summed E-state index contributed by atoms with van der Waals surface area (Å²) in [5.74, 6) is 0.00271. The number of carbonyl (C=O) groups is 1. The standard InChI is InChI=1S/C33H52BrNO3Si2/c1-25(23-34)22-30(26(2)24-37-39(10,11)32(4,5)6)35-31(36)27(3)38-40(33(7,8)9,28-18-14-12-15-19-28)29-20-16-13-17-21-29/h12-22,26-27,30H,23-24H2,1-11H3,(H,35,36)/b25-22+/t26-,27+,30-/m1/s1. The van der Waals surface area contributed by atoms with Gasteiger partial charge >= 0.3 is 0 Å². The lowest BCUT2D eigenvalue weighted by Crippen LogP contribution is -2.68. The third-order valence-electron chi connectivity index (χ3n) is 8.25. The van der Waals surface area contributed by atoms with Crippen LogP contribution in [0.3, 0.4) is 0 Å². The maximum Gasteiger partial charge on any atom is 0.262 e. The molecular formula is C33H52BrNO3Si2. The predicted octanol–water partition coefficient (Wildman–Crippen LogP) is 7.44. The molecule has 3 atom stereocenters. The molecule has 40 heavy (non-hydrogen) atoms. The highest BCUT2D eigenvalue weighted by molar-refractivity contribution is 9.09. The lowest BCUT2D eigenvalue weighted by Gasteiger charge is -2.44. The number of benzene rings is 2. The second-order valence-corrected chi connectivity index (χ2v) is 23.3. The minimum Gasteiger partial charge on any atom is -0.416 e. The van der Waals surface area contributed by atoms with Crippen molar-refractivity contribution in [2.45, 2.75) is 97.6 Å². The van der Waals surface area contributed by atoms with E-state index < -0.39 is 22.7 Å². The van der Waals surface area contributed by atoms with Crippen molar-refractivity contribution in [3.63, 3.8) is 0 Å². The SMILES string of the molecule is C/C(=C\[C@@H](NC(=O)[C@H](C)O[Si](c1ccccc1)(c1ccccc1)C(C)(C)C)[C@H](C)CO[Si](C)(C)C(C)(C)C)CBr. The van der Waals surface area contributed by atoms with Gasteiger partial charge in [0.25, 0.3) is 8.32 Å². The van der Waals surface area contributed by atoms with E-state index in [1.165, 1.54) is 5.57 Å². The zero-order valence-corrected chi connectivity index (χ0v) is 30.2. The van der Waals surface area contributed by atoms with Crippen molar-refractivity contribution in [3.8, 4) is 0 Å². The summed E-state index contributed by atoms with van der Waals surface area (Å²) in [6.45, 7) is 24.7. The number of hydrogen-bond acceptors (Lipinski definition) is 3. The van der Waals surface area contributed by atoms with E-state index in [0.29, 0.717) is 6.61 Å². The molecule has 0 aliphatic heterocycles. The molecule has 0 saturated carbocycles. The summed E-state index contributed by atoms with van der Waals surface area (Å²) in [5, 5.41) is 6.33. The number of rotatable bonds is 12. The van der Waals surface area contributed by atoms with E-state index >= 15 is 0 Å². The van der Waals surface area contributed by atoms with Crippen molar-refractivity contribution in [3.05, 3.63) is 72.3 Å². The van der Waals surface area contributed by atoms with Gasteiger partial charge in [0.05, 0.1) is 6.04 Å². The van der Waals surface area contributed by atoms with Gasteiger partial charge in [0.2, 0.25) is 5.91 Å². The fourth-order valence-corrected chi connectivity index (χ4v) is 10.6. The average molecular weight is 647 g/mol. The molecule has 7 heteroatoms. The van der Waals surface area contributed by atoms with Crippen LogP contribution in [0, 0.1) is 5.92 Å². The Morgan fingerprint density at radius 3 is 1.77 bits per heavy atom. The lowest BCUT2D eigenvalue weighted by atomic mass is 10.0. The number of amides is 1. The van der Waals surface area contributed by atoms with E-state index in [1.54, 1.807) is 0 Å². The van der Waals surface area contributed by atoms with E-state index in [1.807, 2.05) is 19.1 Å². The Balaban J connectivity index is 2.40. The van der Waals surface area contributed by atoms with Crippen molar-refractivity contribution in [2.24, 2.45) is 5.92 Å². The molecule has 0 aliphatic carbocycles. The minimum atomic E-state index is -2.86. The van der Waals surface area contributed by atoms with E-state index in [4.69, 9.17) is 8.85 Å². The number of hydrogen-bond donors (Lipinski definition) is 1. The van der Waals surface area contributed by atoms with Crippen LogP contribution in [0.2, 0.25) is 23.2 Å². The lowest BCUT2D eigenvalue weighted by molar-refractivity contribution is -0.128. The van der Waals surface area contributed by atoms with Crippen molar-refractivity contribution in [1.82, 2.24) is 5.32 Å². The van der Waals surface area contributed by atoms with Crippen LogP contribution in [0.15, 0.2) is 72.3 Å². The van der Waals surface area contributed by atoms with Crippen LogP contribution in [-0.2, 0) is 13.6 Å². The largest absolute Gasteiger partial charge is 0.416 e. The van der Waals surface area contributed by atoms with Gasteiger partial charge in [0.15, 0.2) is 8.32 Å². The maximum absolute atomic E-state index is 13.9. The molecule has 0 unspecified atom stereocenters. The molecule has 0 aliphatic rings. The van der Waals surface area contributed by atoms with Crippen LogP contribution >= 0.6 is 15.9 Å².